The lowest BCUT2D eigenvalue weighted by Gasteiger charge is -2.35. The van der Waals surface area contributed by atoms with Gasteiger partial charge in [0.1, 0.15) is 0 Å². The standard InChI is InChI=1S/C13H25N3O/c1-9(2)10(3)15-13(17)16-7-5-11-4-6-14-12(11)8-16/h9-12,14H,4-8H2,1-3H3,(H,15,17)/t10?,11-,12+/m0/s1. The van der Waals surface area contributed by atoms with Gasteiger partial charge in [-0.3, -0.25) is 0 Å². The van der Waals surface area contributed by atoms with Gasteiger partial charge in [-0.05, 0) is 38.1 Å². The van der Waals surface area contributed by atoms with Crippen LogP contribution in [0.5, 0.6) is 0 Å². The summed E-state index contributed by atoms with van der Waals surface area (Å²) < 4.78 is 0. The van der Waals surface area contributed by atoms with Crippen LogP contribution in [0.25, 0.3) is 0 Å². The van der Waals surface area contributed by atoms with E-state index in [-0.39, 0.29) is 12.1 Å². The van der Waals surface area contributed by atoms with E-state index in [1.807, 2.05) is 4.90 Å². The molecule has 2 aliphatic rings. The molecule has 2 saturated heterocycles. The van der Waals surface area contributed by atoms with Crippen molar-refractivity contribution >= 4 is 6.03 Å². The topological polar surface area (TPSA) is 44.4 Å². The van der Waals surface area contributed by atoms with Gasteiger partial charge in [0.15, 0.2) is 0 Å². The molecule has 0 aliphatic carbocycles. The highest BCUT2D eigenvalue weighted by Crippen LogP contribution is 2.25. The summed E-state index contributed by atoms with van der Waals surface area (Å²) in [5.41, 5.74) is 0. The van der Waals surface area contributed by atoms with E-state index in [1.54, 1.807) is 0 Å². The summed E-state index contributed by atoms with van der Waals surface area (Å²) in [6.45, 7) is 9.25. The molecule has 2 rings (SSSR count). The van der Waals surface area contributed by atoms with Crippen molar-refractivity contribution in [3.8, 4) is 0 Å². The number of urea groups is 1. The minimum absolute atomic E-state index is 0.110. The SMILES string of the molecule is CC(C)C(C)NC(=O)N1CC[C@@H]2CCN[C@@H]2C1. The van der Waals surface area contributed by atoms with Gasteiger partial charge < -0.3 is 15.5 Å². The fraction of sp³-hybridized carbons (Fsp3) is 0.923. The number of fused-ring (bicyclic) bond motifs is 1. The number of rotatable bonds is 2. The number of hydrogen-bond donors (Lipinski definition) is 2. The van der Waals surface area contributed by atoms with E-state index in [0.717, 1.165) is 32.0 Å². The second kappa shape index (κ2) is 5.25. The van der Waals surface area contributed by atoms with Crippen LogP contribution in [0.2, 0.25) is 0 Å². The zero-order chi connectivity index (χ0) is 12.4. The molecule has 17 heavy (non-hydrogen) atoms. The van der Waals surface area contributed by atoms with E-state index in [4.69, 9.17) is 0 Å². The first-order chi connectivity index (χ1) is 8.08. The maximum atomic E-state index is 12.1. The van der Waals surface area contributed by atoms with E-state index in [2.05, 4.69) is 31.4 Å². The summed E-state index contributed by atoms with van der Waals surface area (Å²) in [6.07, 6.45) is 2.43. The average molecular weight is 239 g/mol. The molecule has 4 nitrogen and oxygen atoms in total. The summed E-state index contributed by atoms with van der Waals surface area (Å²) in [6, 6.07) is 0.888. The molecule has 2 aliphatic heterocycles. The molecule has 0 bridgehead atoms. The van der Waals surface area contributed by atoms with Gasteiger partial charge in [-0.15, -0.1) is 0 Å². The molecule has 2 N–H and O–H groups in total. The van der Waals surface area contributed by atoms with Crippen molar-refractivity contribution in [2.24, 2.45) is 11.8 Å². The molecule has 0 radical (unpaired) electrons. The van der Waals surface area contributed by atoms with E-state index < -0.39 is 0 Å². The second-order valence-electron chi connectivity index (χ2n) is 5.83. The first kappa shape index (κ1) is 12.7. The van der Waals surface area contributed by atoms with Crippen molar-refractivity contribution in [2.45, 2.75) is 45.7 Å². The van der Waals surface area contributed by atoms with Crippen molar-refractivity contribution in [1.82, 2.24) is 15.5 Å². The molecular weight excluding hydrogens is 214 g/mol. The Balaban J connectivity index is 1.84. The van der Waals surface area contributed by atoms with Crippen LogP contribution < -0.4 is 10.6 Å². The summed E-state index contributed by atoms with van der Waals surface area (Å²) in [4.78, 5) is 14.1. The van der Waals surface area contributed by atoms with Gasteiger partial charge >= 0.3 is 6.03 Å². The monoisotopic (exact) mass is 239 g/mol. The van der Waals surface area contributed by atoms with E-state index >= 15 is 0 Å². The number of carbonyl (C=O) groups excluding carboxylic acids is 1. The molecule has 0 aromatic heterocycles. The number of hydrogen-bond acceptors (Lipinski definition) is 2. The lowest BCUT2D eigenvalue weighted by atomic mass is 9.93. The Morgan fingerprint density at radius 3 is 2.82 bits per heavy atom. The fourth-order valence-corrected chi connectivity index (χ4v) is 2.67. The Hall–Kier alpha value is -0.770. The van der Waals surface area contributed by atoms with Gasteiger partial charge in [-0.25, -0.2) is 4.79 Å². The largest absolute Gasteiger partial charge is 0.335 e. The summed E-state index contributed by atoms with van der Waals surface area (Å²) in [5.74, 6) is 1.28. The molecule has 2 fully saturated rings. The van der Waals surface area contributed by atoms with Crippen LogP contribution in [0.15, 0.2) is 0 Å². The van der Waals surface area contributed by atoms with Crippen LogP contribution in [0.1, 0.15) is 33.6 Å². The average Bonchev–Trinajstić information content (AvgIpc) is 2.75. The number of amides is 2. The number of likely N-dealkylation sites (tertiary alicyclic amines) is 1. The normalized spacial score (nSPS) is 30.2. The van der Waals surface area contributed by atoms with Crippen molar-refractivity contribution in [3.63, 3.8) is 0 Å². The van der Waals surface area contributed by atoms with Crippen LogP contribution in [-0.4, -0.2) is 42.6 Å². The molecule has 0 spiro atoms. The van der Waals surface area contributed by atoms with Gasteiger partial charge in [-0.1, -0.05) is 13.8 Å². The quantitative estimate of drug-likeness (QED) is 0.765. The molecule has 2 heterocycles. The summed E-state index contributed by atoms with van der Waals surface area (Å²) in [5, 5.41) is 6.59. The van der Waals surface area contributed by atoms with Crippen LogP contribution in [0, 0.1) is 11.8 Å². The third kappa shape index (κ3) is 2.92. The lowest BCUT2D eigenvalue weighted by molar-refractivity contribution is 0.157. The molecule has 4 heteroatoms. The van der Waals surface area contributed by atoms with Gasteiger partial charge in [0.25, 0.3) is 0 Å². The Kier molecular flexibility index (Phi) is 3.92. The number of carbonyl (C=O) groups is 1. The van der Waals surface area contributed by atoms with Gasteiger partial charge in [-0.2, -0.15) is 0 Å². The summed E-state index contributed by atoms with van der Waals surface area (Å²) >= 11 is 0. The molecule has 0 aromatic carbocycles. The molecule has 0 saturated carbocycles. The van der Waals surface area contributed by atoms with E-state index in [0.29, 0.717) is 12.0 Å². The Morgan fingerprint density at radius 2 is 2.12 bits per heavy atom. The minimum Gasteiger partial charge on any atom is -0.335 e. The Bertz CT molecular complexity index is 280. The van der Waals surface area contributed by atoms with Crippen LogP contribution in [0.3, 0.4) is 0 Å². The maximum Gasteiger partial charge on any atom is 0.317 e. The van der Waals surface area contributed by atoms with Crippen molar-refractivity contribution in [2.75, 3.05) is 19.6 Å². The predicted octanol–water partition coefficient (Wildman–Crippen LogP) is 1.42. The fourth-order valence-electron chi connectivity index (χ4n) is 2.67. The molecule has 3 atom stereocenters. The zero-order valence-electron chi connectivity index (χ0n) is 11.2. The Morgan fingerprint density at radius 1 is 1.35 bits per heavy atom. The second-order valence-corrected chi connectivity index (χ2v) is 5.83. The zero-order valence-corrected chi connectivity index (χ0v) is 11.2. The van der Waals surface area contributed by atoms with E-state index in [9.17, 15) is 4.79 Å². The number of nitrogens with zero attached hydrogens (tertiary/aromatic N) is 1. The summed E-state index contributed by atoms with van der Waals surface area (Å²) in [7, 11) is 0. The maximum absolute atomic E-state index is 12.1. The number of nitrogens with one attached hydrogen (secondary N) is 2. The third-order valence-corrected chi connectivity index (χ3v) is 4.32. The Labute approximate surface area is 104 Å². The highest BCUT2D eigenvalue weighted by atomic mass is 16.2. The van der Waals surface area contributed by atoms with Gasteiger partial charge in [0.2, 0.25) is 0 Å². The molecular formula is C13H25N3O. The molecule has 1 unspecified atom stereocenters. The van der Waals surface area contributed by atoms with Crippen molar-refractivity contribution in [1.29, 1.82) is 0 Å². The van der Waals surface area contributed by atoms with E-state index in [1.165, 1.54) is 6.42 Å². The van der Waals surface area contributed by atoms with Gasteiger partial charge in [0, 0.05) is 25.2 Å². The van der Waals surface area contributed by atoms with Gasteiger partial charge in [0.05, 0.1) is 0 Å². The van der Waals surface area contributed by atoms with Crippen LogP contribution in [-0.2, 0) is 0 Å². The van der Waals surface area contributed by atoms with Crippen molar-refractivity contribution in [3.05, 3.63) is 0 Å². The van der Waals surface area contributed by atoms with Crippen LogP contribution >= 0.6 is 0 Å². The van der Waals surface area contributed by atoms with Crippen molar-refractivity contribution < 1.29 is 4.79 Å². The highest BCUT2D eigenvalue weighted by Gasteiger charge is 2.34. The molecule has 2 amide bonds. The molecule has 98 valence electrons. The third-order valence-electron chi connectivity index (χ3n) is 4.32. The van der Waals surface area contributed by atoms with Crippen LogP contribution in [0.4, 0.5) is 4.79 Å². The first-order valence-corrected chi connectivity index (χ1v) is 6.86. The number of piperidine rings is 1. The molecule has 0 aromatic rings. The smallest absolute Gasteiger partial charge is 0.317 e. The first-order valence-electron chi connectivity index (χ1n) is 6.86. The minimum atomic E-state index is 0.110. The lowest BCUT2D eigenvalue weighted by Crippen LogP contribution is -2.53. The highest BCUT2D eigenvalue weighted by molar-refractivity contribution is 5.74. The predicted molar refractivity (Wildman–Crippen MR) is 68.9 cm³/mol.